The molecule has 1 atom stereocenters. The SMILES string of the molecule is CC(C)CC(O)CNCc1ccc(O)cn1. The maximum absolute atomic E-state index is 9.62. The Morgan fingerprint density at radius 2 is 2.12 bits per heavy atom. The van der Waals surface area contributed by atoms with E-state index in [0.717, 1.165) is 12.1 Å². The molecule has 1 aromatic heterocycles. The van der Waals surface area contributed by atoms with Crippen LogP contribution in [0.2, 0.25) is 0 Å². The van der Waals surface area contributed by atoms with Gasteiger partial charge in [0.2, 0.25) is 0 Å². The van der Waals surface area contributed by atoms with Crippen LogP contribution in [0.5, 0.6) is 5.75 Å². The van der Waals surface area contributed by atoms with Gasteiger partial charge in [-0.3, -0.25) is 4.98 Å². The van der Waals surface area contributed by atoms with Gasteiger partial charge < -0.3 is 15.5 Å². The maximum atomic E-state index is 9.62. The smallest absolute Gasteiger partial charge is 0.133 e. The van der Waals surface area contributed by atoms with Gasteiger partial charge in [0.25, 0.3) is 0 Å². The highest BCUT2D eigenvalue weighted by Gasteiger charge is 2.06. The minimum atomic E-state index is -0.308. The van der Waals surface area contributed by atoms with Gasteiger partial charge >= 0.3 is 0 Å². The molecule has 16 heavy (non-hydrogen) atoms. The predicted molar refractivity (Wildman–Crippen MR) is 63.1 cm³/mol. The summed E-state index contributed by atoms with van der Waals surface area (Å²) in [5.74, 6) is 0.673. The van der Waals surface area contributed by atoms with Crippen molar-refractivity contribution in [1.29, 1.82) is 0 Å². The Morgan fingerprint density at radius 1 is 1.38 bits per heavy atom. The van der Waals surface area contributed by atoms with Gasteiger partial charge in [-0.25, -0.2) is 0 Å². The van der Waals surface area contributed by atoms with Crippen LogP contribution in [0.15, 0.2) is 18.3 Å². The number of aromatic hydroxyl groups is 1. The zero-order valence-corrected chi connectivity index (χ0v) is 9.85. The van der Waals surface area contributed by atoms with Crippen LogP contribution < -0.4 is 5.32 Å². The highest BCUT2D eigenvalue weighted by molar-refractivity contribution is 5.17. The number of nitrogens with zero attached hydrogens (tertiary/aromatic N) is 1. The van der Waals surface area contributed by atoms with E-state index in [-0.39, 0.29) is 11.9 Å². The van der Waals surface area contributed by atoms with Crippen LogP contribution in [0.3, 0.4) is 0 Å². The summed E-state index contributed by atoms with van der Waals surface area (Å²) in [6, 6.07) is 3.37. The normalized spacial score (nSPS) is 13.0. The van der Waals surface area contributed by atoms with E-state index < -0.39 is 0 Å². The topological polar surface area (TPSA) is 65.4 Å². The summed E-state index contributed by atoms with van der Waals surface area (Å²) in [5, 5.41) is 21.8. The van der Waals surface area contributed by atoms with Crippen molar-refractivity contribution in [3.63, 3.8) is 0 Å². The first-order valence-corrected chi connectivity index (χ1v) is 5.60. The lowest BCUT2D eigenvalue weighted by Gasteiger charge is -2.13. The zero-order valence-electron chi connectivity index (χ0n) is 9.85. The molecule has 0 fully saturated rings. The van der Waals surface area contributed by atoms with Gasteiger partial charge in [-0.2, -0.15) is 0 Å². The molecule has 0 aromatic carbocycles. The molecule has 0 radical (unpaired) electrons. The average Bonchev–Trinajstić information content (AvgIpc) is 2.20. The molecule has 0 aliphatic rings. The molecule has 0 saturated heterocycles. The lowest BCUT2D eigenvalue weighted by molar-refractivity contribution is 0.146. The third kappa shape index (κ3) is 5.09. The van der Waals surface area contributed by atoms with Crippen molar-refractivity contribution in [3.8, 4) is 5.75 Å². The fourth-order valence-electron chi connectivity index (χ4n) is 1.52. The minimum Gasteiger partial charge on any atom is -0.506 e. The molecule has 1 rings (SSSR count). The van der Waals surface area contributed by atoms with Crippen LogP contribution in [0.25, 0.3) is 0 Å². The zero-order chi connectivity index (χ0) is 12.0. The molecule has 0 bridgehead atoms. The van der Waals surface area contributed by atoms with Gasteiger partial charge in [0, 0.05) is 13.1 Å². The highest BCUT2D eigenvalue weighted by atomic mass is 16.3. The van der Waals surface area contributed by atoms with E-state index in [1.165, 1.54) is 6.20 Å². The van der Waals surface area contributed by atoms with E-state index in [1.54, 1.807) is 12.1 Å². The predicted octanol–water partition coefficient (Wildman–Crippen LogP) is 1.28. The Bertz CT molecular complexity index is 298. The number of hydrogen-bond donors (Lipinski definition) is 3. The number of nitrogens with one attached hydrogen (secondary N) is 1. The van der Waals surface area contributed by atoms with Crippen molar-refractivity contribution in [2.45, 2.75) is 32.9 Å². The van der Waals surface area contributed by atoms with Gasteiger partial charge in [0.1, 0.15) is 5.75 Å². The standard InChI is InChI=1S/C12H20N2O2/c1-9(2)5-12(16)7-13-6-10-3-4-11(15)8-14-10/h3-4,8-9,12-13,15-16H,5-7H2,1-2H3. The first-order chi connectivity index (χ1) is 7.58. The molecule has 0 aliphatic carbocycles. The largest absolute Gasteiger partial charge is 0.506 e. The summed E-state index contributed by atoms with van der Waals surface area (Å²) in [6.07, 6.45) is 1.91. The summed E-state index contributed by atoms with van der Waals surface area (Å²) in [4.78, 5) is 4.04. The van der Waals surface area contributed by atoms with Crippen LogP contribution >= 0.6 is 0 Å². The number of aliphatic hydroxyl groups is 1. The quantitative estimate of drug-likeness (QED) is 0.681. The molecule has 0 aliphatic heterocycles. The van der Waals surface area contributed by atoms with Crippen LogP contribution in [-0.4, -0.2) is 27.8 Å². The summed E-state index contributed by atoms with van der Waals surface area (Å²) in [7, 11) is 0. The van der Waals surface area contributed by atoms with Crippen LogP contribution in [0.1, 0.15) is 26.0 Å². The summed E-state index contributed by atoms with van der Waals surface area (Å²) in [6.45, 7) is 5.35. The molecule has 1 aromatic rings. The molecule has 1 unspecified atom stereocenters. The minimum absolute atomic E-state index is 0.170. The second-order valence-corrected chi connectivity index (χ2v) is 4.42. The third-order valence-electron chi connectivity index (χ3n) is 2.24. The molecular formula is C12H20N2O2. The molecule has 4 heteroatoms. The Labute approximate surface area is 96.3 Å². The first kappa shape index (κ1) is 12.9. The number of hydrogen-bond acceptors (Lipinski definition) is 4. The van der Waals surface area contributed by atoms with Crippen molar-refractivity contribution in [2.75, 3.05) is 6.54 Å². The molecule has 3 N–H and O–H groups in total. The van der Waals surface area contributed by atoms with Crippen LogP contribution in [0, 0.1) is 5.92 Å². The van der Waals surface area contributed by atoms with Crippen molar-refractivity contribution in [3.05, 3.63) is 24.0 Å². The number of aliphatic hydroxyl groups excluding tert-OH is 1. The summed E-state index contributed by atoms with van der Waals surface area (Å²) < 4.78 is 0. The van der Waals surface area contributed by atoms with Crippen LogP contribution in [-0.2, 0) is 6.54 Å². The molecule has 1 heterocycles. The fourth-order valence-corrected chi connectivity index (χ4v) is 1.52. The van der Waals surface area contributed by atoms with Crippen LogP contribution in [0.4, 0.5) is 0 Å². The second kappa shape index (κ2) is 6.45. The van der Waals surface area contributed by atoms with Gasteiger partial charge in [-0.05, 0) is 24.5 Å². The molecule has 90 valence electrons. The summed E-state index contributed by atoms with van der Waals surface area (Å²) in [5.41, 5.74) is 0.856. The maximum Gasteiger partial charge on any atom is 0.133 e. The Hall–Kier alpha value is -1.13. The van der Waals surface area contributed by atoms with E-state index in [4.69, 9.17) is 5.11 Å². The fraction of sp³-hybridized carbons (Fsp3) is 0.583. The Kier molecular flexibility index (Phi) is 5.22. The molecule has 0 spiro atoms. The van der Waals surface area contributed by atoms with Gasteiger partial charge in [-0.15, -0.1) is 0 Å². The average molecular weight is 224 g/mol. The summed E-state index contributed by atoms with van der Waals surface area (Å²) >= 11 is 0. The first-order valence-electron chi connectivity index (χ1n) is 5.60. The highest BCUT2D eigenvalue weighted by Crippen LogP contribution is 2.06. The molecular weight excluding hydrogens is 204 g/mol. The van der Waals surface area contributed by atoms with Crippen molar-refractivity contribution < 1.29 is 10.2 Å². The number of aromatic nitrogens is 1. The number of rotatable bonds is 6. The van der Waals surface area contributed by atoms with E-state index in [9.17, 15) is 5.11 Å². The monoisotopic (exact) mass is 224 g/mol. The molecule has 0 saturated carbocycles. The number of pyridine rings is 1. The van der Waals surface area contributed by atoms with Gasteiger partial charge in [-0.1, -0.05) is 13.8 Å². The van der Waals surface area contributed by atoms with E-state index >= 15 is 0 Å². The van der Waals surface area contributed by atoms with Crippen molar-refractivity contribution in [2.24, 2.45) is 5.92 Å². The van der Waals surface area contributed by atoms with E-state index in [1.807, 2.05) is 0 Å². The van der Waals surface area contributed by atoms with E-state index in [0.29, 0.717) is 19.0 Å². The van der Waals surface area contributed by atoms with Gasteiger partial charge in [0.05, 0.1) is 18.0 Å². The second-order valence-electron chi connectivity index (χ2n) is 4.42. The Morgan fingerprint density at radius 3 is 2.69 bits per heavy atom. The molecule has 0 amide bonds. The lowest BCUT2D eigenvalue weighted by Crippen LogP contribution is -2.27. The Balaban J connectivity index is 2.22. The van der Waals surface area contributed by atoms with Gasteiger partial charge in [0.15, 0.2) is 0 Å². The van der Waals surface area contributed by atoms with E-state index in [2.05, 4.69) is 24.1 Å². The lowest BCUT2D eigenvalue weighted by atomic mass is 10.1. The van der Waals surface area contributed by atoms with Crippen molar-refractivity contribution in [1.82, 2.24) is 10.3 Å². The third-order valence-corrected chi connectivity index (χ3v) is 2.24. The molecule has 4 nitrogen and oxygen atoms in total. The van der Waals surface area contributed by atoms with Crippen molar-refractivity contribution >= 4 is 0 Å².